The zero-order valence-electron chi connectivity index (χ0n) is 11.5. The molecule has 2 atom stereocenters. The molecule has 1 aromatic carbocycles. The Labute approximate surface area is 113 Å². The molecule has 0 amide bonds. The van der Waals surface area contributed by atoms with E-state index in [4.69, 9.17) is 0 Å². The summed E-state index contributed by atoms with van der Waals surface area (Å²) in [6, 6.07) is 5.63. The molecule has 102 valence electrons. The van der Waals surface area contributed by atoms with E-state index in [2.05, 4.69) is 0 Å². The van der Waals surface area contributed by atoms with Gasteiger partial charge in [-0.05, 0) is 43.9 Å². The molecule has 0 saturated heterocycles. The average Bonchev–Trinajstić information content (AvgIpc) is 2.41. The predicted octanol–water partition coefficient (Wildman–Crippen LogP) is 3.38. The third-order valence-corrected chi connectivity index (χ3v) is 4.21. The molecular weight excluding hydrogens is 240 g/mol. The number of ketones is 1. The van der Waals surface area contributed by atoms with Crippen LogP contribution >= 0.6 is 0 Å². The number of aliphatic carboxylic acids is 1. The monoisotopic (exact) mass is 260 g/mol. The fraction of sp³-hybridized carbons (Fsp3) is 0.500. The van der Waals surface area contributed by atoms with E-state index in [0.29, 0.717) is 18.4 Å². The number of Topliss-reactive ketones (excluding diaryl/α,β-unsaturated/α-hetero) is 1. The molecule has 1 saturated carbocycles. The van der Waals surface area contributed by atoms with Gasteiger partial charge in [-0.3, -0.25) is 9.59 Å². The summed E-state index contributed by atoms with van der Waals surface area (Å²) in [6.45, 7) is 3.98. The van der Waals surface area contributed by atoms with Gasteiger partial charge in [-0.2, -0.15) is 0 Å². The molecule has 0 radical (unpaired) electrons. The Hall–Kier alpha value is -1.64. The maximum absolute atomic E-state index is 12.5. The van der Waals surface area contributed by atoms with Gasteiger partial charge in [0, 0.05) is 11.5 Å². The van der Waals surface area contributed by atoms with Crippen molar-refractivity contribution in [2.75, 3.05) is 0 Å². The van der Waals surface area contributed by atoms with Crippen molar-refractivity contribution in [2.24, 2.45) is 11.8 Å². The maximum Gasteiger partial charge on any atom is 0.307 e. The lowest BCUT2D eigenvalue weighted by Gasteiger charge is -2.27. The van der Waals surface area contributed by atoms with Crippen LogP contribution < -0.4 is 0 Å². The summed E-state index contributed by atoms with van der Waals surface area (Å²) in [5.41, 5.74) is 2.88. The van der Waals surface area contributed by atoms with Crippen LogP contribution in [0, 0.1) is 25.7 Å². The van der Waals surface area contributed by atoms with Crippen LogP contribution in [0.1, 0.15) is 47.2 Å². The van der Waals surface area contributed by atoms with Crippen molar-refractivity contribution < 1.29 is 14.7 Å². The number of benzene rings is 1. The third-order valence-electron chi connectivity index (χ3n) is 4.21. The van der Waals surface area contributed by atoms with Gasteiger partial charge < -0.3 is 5.11 Å². The van der Waals surface area contributed by atoms with Crippen LogP contribution in [0.5, 0.6) is 0 Å². The number of carbonyl (C=O) groups excluding carboxylic acids is 1. The van der Waals surface area contributed by atoms with Gasteiger partial charge >= 0.3 is 5.97 Å². The van der Waals surface area contributed by atoms with Gasteiger partial charge in [0.15, 0.2) is 5.78 Å². The van der Waals surface area contributed by atoms with E-state index in [1.807, 2.05) is 32.0 Å². The number of hydrogen-bond acceptors (Lipinski definition) is 2. The highest BCUT2D eigenvalue weighted by molar-refractivity contribution is 6.00. The first kappa shape index (κ1) is 13.8. The largest absolute Gasteiger partial charge is 0.481 e. The fourth-order valence-electron chi connectivity index (χ4n) is 2.85. The van der Waals surface area contributed by atoms with Crippen LogP contribution in [0.25, 0.3) is 0 Å². The molecule has 0 spiro atoms. The molecule has 0 unspecified atom stereocenters. The smallest absolute Gasteiger partial charge is 0.307 e. The van der Waals surface area contributed by atoms with Crippen molar-refractivity contribution >= 4 is 11.8 Å². The first-order chi connectivity index (χ1) is 9.00. The van der Waals surface area contributed by atoms with Crippen LogP contribution in [0.4, 0.5) is 0 Å². The molecule has 3 nitrogen and oxygen atoms in total. The van der Waals surface area contributed by atoms with Crippen LogP contribution in [0.2, 0.25) is 0 Å². The molecule has 0 aromatic heterocycles. The van der Waals surface area contributed by atoms with Crippen molar-refractivity contribution in [3.05, 3.63) is 34.9 Å². The molecule has 0 aliphatic heterocycles. The summed E-state index contributed by atoms with van der Waals surface area (Å²) in [7, 11) is 0. The van der Waals surface area contributed by atoms with Gasteiger partial charge in [-0.25, -0.2) is 0 Å². The summed E-state index contributed by atoms with van der Waals surface area (Å²) < 4.78 is 0. The molecule has 1 fully saturated rings. The summed E-state index contributed by atoms with van der Waals surface area (Å²) >= 11 is 0. The highest BCUT2D eigenvalue weighted by Crippen LogP contribution is 2.33. The normalized spacial score (nSPS) is 23.1. The summed E-state index contributed by atoms with van der Waals surface area (Å²) in [4.78, 5) is 23.8. The van der Waals surface area contributed by atoms with Crippen LogP contribution in [-0.2, 0) is 4.79 Å². The average molecular weight is 260 g/mol. The Morgan fingerprint density at radius 1 is 1.05 bits per heavy atom. The Kier molecular flexibility index (Phi) is 4.03. The quantitative estimate of drug-likeness (QED) is 0.848. The molecule has 1 aliphatic carbocycles. The molecule has 0 heterocycles. The van der Waals surface area contributed by atoms with Crippen molar-refractivity contribution in [3.8, 4) is 0 Å². The van der Waals surface area contributed by atoms with E-state index in [0.717, 1.165) is 24.0 Å². The van der Waals surface area contributed by atoms with Gasteiger partial charge in [0.05, 0.1) is 5.92 Å². The zero-order valence-corrected chi connectivity index (χ0v) is 11.5. The molecule has 1 aliphatic rings. The summed E-state index contributed by atoms with van der Waals surface area (Å²) in [6.07, 6.45) is 3.18. The van der Waals surface area contributed by atoms with Crippen LogP contribution in [-0.4, -0.2) is 16.9 Å². The number of carboxylic acid groups (broad SMARTS) is 1. The maximum atomic E-state index is 12.5. The van der Waals surface area contributed by atoms with Crippen molar-refractivity contribution in [2.45, 2.75) is 39.5 Å². The second-order valence-corrected chi connectivity index (χ2v) is 5.50. The third kappa shape index (κ3) is 2.86. The van der Waals surface area contributed by atoms with E-state index in [1.165, 1.54) is 0 Å². The lowest BCUT2D eigenvalue weighted by Crippen LogP contribution is -2.32. The molecule has 3 heteroatoms. The number of carboxylic acids is 1. The first-order valence-electron chi connectivity index (χ1n) is 6.85. The van der Waals surface area contributed by atoms with Crippen LogP contribution in [0.15, 0.2) is 18.2 Å². The minimum absolute atomic E-state index is 0.00444. The molecule has 1 aromatic rings. The highest BCUT2D eigenvalue weighted by atomic mass is 16.4. The molecule has 19 heavy (non-hydrogen) atoms. The minimum Gasteiger partial charge on any atom is -0.481 e. The van der Waals surface area contributed by atoms with Gasteiger partial charge in [-0.1, -0.05) is 25.0 Å². The molecular formula is C16H20O3. The predicted molar refractivity (Wildman–Crippen MR) is 73.3 cm³/mol. The van der Waals surface area contributed by atoms with Crippen molar-refractivity contribution in [1.29, 1.82) is 0 Å². The molecule has 0 bridgehead atoms. The second kappa shape index (κ2) is 5.55. The van der Waals surface area contributed by atoms with Crippen LogP contribution in [0.3, 0.4) is 0 Å². The number of carbonyl (C=O) groups is 2. The molecule has 2 rings (SSSR count). The zero-order chi connectivity index (χ0) is 14.0. The Morgan fingerprint density at radius 3 is 2.26 bits per heavy atom. The first-order valence-corrected chi connectivity index (χ1v) is 6.85. The Morgan fingerprint density at radius 2 is 1.68 bits per heavy atom. The number of hydrogen-bond donors (Lipinski definition) is 1. The van der Waals surface area contributed by atoms with E-state index in [1.54, 1.807) is 0 Å². The van der Waals surface area contributed by atoms with Gasteiger partial charge in [0.2, 0.25) is 0 Å². The number of aryl methyl sites for hydroxylation is 2. The van der Waals surface area contributed by atoms with E-state index >= 15 is 0 Å². The second-order valence-electron chi connectivity index (χ2n) is 5.50. The Balaban J connectivity index is 2.26. The number of rotatable bonds is 3. The Bertz CT molecular complexity index is 505. The van der Waals surface area contributed by atoms with Gasteiger partial charge in [-0.15, -0.1) is 0 Å². The topological polar surface area (TPSA) is 54.4 Å². The summed E-state index contributed by atoms with van der Waals surface area (Å²) in [5, 5.41) is 9.25. The lowest BCUT2D eigenvalue weighted by atomic mass is 9.75. The van der Waals surface area contributed by atoms with Gasteiger partial charge in [0.1, 0.15) is 0 Å². The highest BCUT2D eigenvalue weighted by Gasteiger charge is 2.35. The van der Waals surface area contributed by atoms with E-state index in [9.17, 15) is 14.7 Å². The summed E-state index contributed by atoms with van der Waals surface area (Å²) in [5.74, 6) is -1.70. The van der Waals surface area contributed by atoms with Crippen molar-refractivity contribution in [1.82, 2.24) is 0 Å². The SMILES string of the molecule is Cc1ccc(C(=O)[C@@H]2CCCC[C@H]2C(=O)O)cc1C. The van der Waals surface area contributed by atoms with E-state index in [-0.39, 0.29) is 11.7 Å². The van der Waals surface area contributed by atoms with Gasteiger partial charge in [0.25, 0.3) is 0 Å². The molecule has 1 N–H and O–H groups in total. The standard InChI is InChI=1S/C16H20O3/c1-10-7-8-12(9-11(10)2)15(17)13-5-3-4-6-14(13)16(18)19/h7-9,13-14H,3-6H2,1-2H3,(H,18,19)/t13-,14-/m1/s1. The lowest BCUT2D eigenvalue weighted by molar-refractivity contribution is -0.144. The van der Waals surface area contributed by atoms with Crippen molar-refractivity contribution in [3.63, 3.8) is 0 Å². The minimum atomic E-state index is -0.832. The fourth-order valence-corrected chi connectivity index (χ4v) is 2.85. The van der Waals surface area contributed by atoms with E-state index < -0.39 is 11.9 Å².